The number of halogens is 4. The summed E-state index contributed by atoms with van der Waals surface area (Å²) in [5.41, 5.74) is 1.35. The first-order valence-electron chi connectivity index (χ1n) is 9.25. The van der Waals surface area contributed by atoms with E-state index in [1.807, 2.05) is 0 Å². The maximum Gasteiger partial charge on any atom is 0.422 e. The topological polar surface area (TPSA) is 55.8 Å². The van der Waals surface area contributed by atoms with Crippen LogP contribution in [0.4, 0.5) is 17.6 Å². The largest absolute Gasteiger partial charge is 0.507 e. The van der Waals surface area contributed by atoms with Crippen LogP contribution in [0.25, 0.3) is 12.2 Å². The zero-order valence-electron chi connectivity index (χ0n) is 17.2. The standard InChI is InChI=1S/C23H22F4O4/c1-14(2)4-11-18-19(31-13-23(25,26)27)12-16(20(21(18)28)22(29)30-3)8-5-15-6-9-17(24)10-7-15/h4-10,12,28H,11,13H2,1-3H3/b8-5+. The minimum atomic E-state index is -4.59. The maximum atomic E-state index is 13.1. The number of carbonyl (C=O) groups excluding carboxylic acids is 1. The van der Waals surface area contributed by atoms with E-state index in [-0.39, 0.29) is 28.9 Å². The number of carbonyl (C=O) groups is 1. The molecule has 0 saturated carbocycles. The minimum Gasteiger partial charge on any atom is -0.507 e. The average Bonchev–Trinajstić information content (AvgIpc) is 2.69. The number of hydrogen-bond acceptors (Lipinski definition) is 4. The van der Waals surface area contributed by atoms with Gasteiger partial charge in [-0.3, -0.25) is 0 Å². The second-order valence-electron chi connectivity index (χ2n) is 6.93. The highest BCUT2D eigenvalue weighted by molar-refractivity contribution is 5.98. The molecule has 2 aromatic rings. The molecule has 8 heteroatoms. The van der Waals surface area contributed by atoms with Gasteiger partial charge in [0, 0.05) is 5.56 Å². The number of methoxy groups -OCH3 is 1. The minimum absolute atomic E-state index is 0.0322. The number of hydrogen-bond donors (Lipinski definition) is 1. The van der Waals surface area contributed by atoms with Crippen LogP contribution in [-0.4, -0.2) is 31.0 Å². The van der Waals surface area contributed by atoms with E-state index in [9.17, 15) is 27.5 Å². The summed E-state index contributed by atoms with van der Waals surface area (Å²) < 4.78 is 61.0. The number of benzene rings is 2. The number of phenolic OH excluding ortho intramolecular Hbond substituents is 1. The second kappa shape index (κ2) is 10.1. The lowest BCUT2D eigenvalue weighted by atomic mass is 9.97. The molecule has 0 amide bonds. The fraction of sp³-hybridized carbons (Fsp3) is 0.261. The quantitative estimate of drug-likeness (QED) is 0.252. The van der Waals surface area contributed by atoms with Gasteiger partial charge >= 0.3 is 12.1 Å². The van der Waals surface area contributed by atoms with Gasteiger partial charge in [-0.15, -0.1) is 0 Å². The van der Waals surface area contributed by atoms with E-state index in [1.54, 1.807) is 19.9 Å². The van der Waals surface area contributed by atoms with E-state index in [0.717, 1.165) is 12.7 Å². The van der Waals surface area contributed by atoms with Crippen LogP contribution in [0, 0.1) is 5.82 Å². The first-order valence-corrected chi connectivity index (χ1v) is 9.25. The van der Waals surface area contributed by atoms with Crippen molar-refractivity contribution in [2.24, 2.45) is 0 Å². The van der Waals surface area contributed by atoms with Gasteiger partial charge in [-0.1, -0.05) is 35.9 Å². The van der Waals surface area contributed by atoms with E-state index < -0.39 is 30.3 Å². The van der Waals surface area contributed by atoms with Gasteiger partial charge in [-0.2, -0.15) is 13.2 Å². The first kappa shape index (κ1) is 24.0. The van der Waals surface area contributed by atoms with E-state index in [2.05, 4.69) is 0 Å². The molecule has 2 aromatic carbocycles. The normalized spacial score (nSPS) is 11.5. The molecule has 4 nitrogen and oxygen atoms in total. The molecular formula is C23H22F4O4. The van der Waals surface area contributed by atoms with E-state index >= 15 is 0 Å². The van der Waals surface area contributed by atoms with Crippen LogP contribution in [0.2, 0.25) is 0 Å². The zero-order chi connectivity index (χ0) is 23.2. The van der Waals surface area contributed by atoms with Crippen molar-refractivity contribution in [1.29, 1.82) is 0 Å². The number of rotatable bonds is 7. The summed E-state index contributed by atoms with van der Waals surface area (Å²) in [6.07, 6.45) is 0.0702. The zero-order valence-corrected chi connectivity index (χ0v) is 17.2. The lowest BCUT2D eigenvalue weighted by Gasteiger charge is -2.17. The average molecular weight is 438 g/mol. The van der Waals surface area contributed by atoms with Crippen molar-refractivity contribution < 1.29 is 36.9 Å². The van der Waals surface area contributed by atoms with Crippen LogP contribution >= 0.6 is 0 Å². The Labute approximate surface area is 177 Å². The molecule has 0 bridgehead atoms. The molecule has 0 saturated heterocycles. The molecule has 0 atom stereocenters. The van der Waals surface area contributed by atoms with Gasteiger partial charge in [0.2, 0.25) is 0 Å². The lowest BCUT2D eigenvalue weighted by molar-refractivity contribution is -0.153. The predicted molar refractivity (Wildman–Crippen MR) is 109 cm³/mol. The van der Waals surface area contributed by atoms with Crippen LogP contribution in [0.3, 0.4) is 0 Å². The molecule has 0 aliphatic carbocycles. The van der Waals surface area contributed by atoms with E-state index in [0.29, 0.717) is 5.56 Å². The SMILES string of the molecule is COC(=O)c1c(/C=C/c2ccc(F)cc2)cc(OCC(F)(F)F)c(CC=C(C)C)c1O. The third-order valence-electron chi connectivity index (χ3n) is 4.22. The van der Waals surface area contributed by atoms with Crippen molar-refractivity contribution >= 4 is 18.1 Å². The van der Waals surface area contributed by atoms with Crippen molar-refractivity contribution in [2.75, 3.05) is 13.7 Å². The summed E-state index contributed by atoms with van der Waals surface area (Å²) in [6, 6.07) is 6.67. The summed E-state index contributed by atoms with van der Waals surface area (Å²) in [5, 5.41) is 10.8. The summed E-state index contributed by atoms with van der Waals surface area (Å²) >= 11 is 0. The van der Waals surface area contributed by atoms with Crippen LogP contribution in [0.15, 0.2) is 42.0 Å². The molecule has 166 valence electrons. The molecular weight excluding hydrogens is 416 g/mol. The molecule has 0 radical (unpaired) electrons. The number of esters is 1. The Kier molecular flexibility index (Phi) is 7.85. The molecule has 0 fully saturated rings. The summed E-state index contributed by atoms with van der Waals surface area (Å²) in [7, 11) is 1.12. The van der Waals surface area contributed by atoms with Gasteiger partial charge in [0.15, 0.2) is 6.61 Å². The number of allylic oxidation sites excluding steroid dienone is 2. The van der Waals surface area contributed by atoms with Gasteiger partial charge < -0.3 is 14.6 Å². The second-order valence-corrected chi connectivity index (χ2v) is 6.93. The monoisotopic (exact) mass is 438 g/mol. The maximum absolute atomic E-state index is 13.1. The van der Waals surface area contributed by atoms with Crippen LogP contribution in [0.5, 0.6) is 11.5 Å². The molecule has 1 N–H and O–H groups in total. The Bertz CT molecular complexity index is 986. The van der Waals surface area contributed by atoms with Crippen molar-refractivity contribution in [3.05, 3.63) is 70.1 Å². The number of ether oxygens (including phenoxy) is 2. The fourth-order valence-corrected chi connectivity index (χ4v) is 2.70. The molecule has 0 aliphatic heterocycles. The third kappa shape index (κ3) is 6.87. The van der Waals surface area contributed by atoms with Crippen molar-refractivity contribution in [2.45, 2.75) is 26.4 Å². The Balaban J connectivity index is 2.62. The van der Waals surface area contributed by atoms with Crippen LogP contribution in [-0.2, 0) is 11.2 Å². The molecule has 0 aliphatic rings. The van der Waals surface area contributed by atoms with Gasteiger partial charge in [0.25, 0.3) is 0 Å². The summed E-state index contributed by atoms with van der Waals surface area (Å²) in [5.74, 6) is -2.03. The van der Waals surface area contributed by atoms with Crippen molar-refractivity contribution in [3.63, 3.8) is 0 Å². The Morgan fingerprint density at radius 1 is 1.13 bits per heavy atom. The Morgan fingerprint density at radius 2 is 1.77 bits per heavy atom. The molecule has 0 unspecified atom stereocenters. The van der Waals surface area contributed by atoms with Gasteiger partial charge in [-0.05, 0) is 49.6 Å². The van der Waals surface area contributed by atoms with E-state index in [4.69, 9.17) is 9.47 Å². The molecule has 0 heterocycles. The fourth-order valence-electron chi connectivity index (χ4n) is 2.70. The molecule has 0 aromatic heterocycles. The highest BCUT2D eigenvalue weighted by Crippen LogP contribution is 2.37. The van der Waals surface area contributed by atoms with Crippen molar-refractivity contribution in [1.82, 2.24) is 0 Å². The number of alkyl halides is 3. The first-order chi connectivity index (χ1) is 14.5. The van der Waals surface area contributed by atoms with Crippen LogP contribution in [0.1, 0.15) is 40.9 Å². The summed E-state index contributed by atoms with van der Waals surface area (Å²) in [4.78, 5) is 12.3. The molecule has 2 rings (SSSR count). The van der Waals surface area contributed by atoms with Gasteiger partial charge in [0.05, 0.1) is 7.11 Å². The predicted octanol–water partition coefficient (Wildman–Crippen LogP) is 5.94. The Morgan fingerprint density at radius 3 is 2.32 bits per heavy atom. The number of aromatic hydroxyl groups is 1. The molecule has 31 heavy (non-hydrogen) atoms. The highest BCUT2D eigenvalue weighted by atomic mass is 19.4. The Hall–Kier alpha value is -3.29. The van der Waals surface area contributed by atoms with Gasteiger partial charge in [-0.25, -0.2) is 9.18 Å². The van der Waals surface area contributed by atoms with Gasteiger partial charge in [0.1, 0.15) is 22.9 Å². The van der Waals surface area contributed by atoms with E-state index in [1.165, 1.54) is 42.5 Å². The highest BCUT2D eigenvalue weighted by Gasteiger charge is 2.30. The lowest BCUT2D eigenvalue weighted by Crippen LogP contribution is -2.20. The summed E-state index contributed by atoms with van der Waals surface area (Å²) in [6.45, 7) is 2.01. The number of phenols is 1. The van der Waals surface area contributed by atoms with Crippen LogP contribution < -0.4 is 4.74 Å². The third-order valence-corrected chi connectivity index (χ3v) is 4.22. The van der Waals surface area contributed by atoms with Crippen molar-refractivity contribution in [3.8, 4) is 11.5 Å². The smallest absolute Gasteiger partial charge is 0.422 e. The molecule has 0 spiro atoms.